The summed E-state index contributed by atoms with van der Waals surface area (Å²) in [6, 6.07) is 6.43. The SMILES string of the molecule is CN(Cc1cccc(C(F)(F)F)c1)C(=O)c1cc(N2CCOCC2)no1. The van der Waals surface area contributed by atoms with Gasteiger partial charge in [0.1, 0.15) is 0 Å². The fourth-order valence-electron chi connectivity index (χ4n) is 2.69. The highest BCUT2D eigenvalue weighted by molar-refractivity contribution is 5.91. The number of halogens is 3. The summed E-state index contributed by atoms with van der Waals surface area (Å²) in [5, 5.41) is 3.90. The summed E-state index contributed by atoms with van der Waals surface area (Å²) in [4.78, 5) is 15.7. The fourth-order valence-corrected chi connectivity index (χ4v) is 2.69. The average molecular weight is 369 g/mol. The van der Waals surface area contributed by atoms with Gasteiger partial charge in [0.15, 0.2) is 5.82 Å². The Morgan fingerprint density at radius 3 is 2.69 bits per heavy atom. The van der Waals surface area contributed by atoms with Crippen LogP contribution in [0.4, 0.5) is 19.0 Å². The summed E-state index contributed by atoms with van der Waals surface area (Å²) in [7, 11) is 1.50. The Morgan fingerprint density at radius 1 is 1.27 bits per heavy atom. The Balaban J connectivity index is 1.67. The van der Waals surface area contributed by atoms with E-state index >= 15 is 0 Å². The molecule has 1 aromatic carbocycles. The highest BCUT2D eigenvalue weighted by Gasteiger charge is 2.30. The summed E-state index contributed by atoms with van der Waals surface area (Å²) in [6.07, 6.45) is -4.42. The number of benzene rings is 1. The normalized spacial score (nSPS) is 15.2. The van der Waals surface area contributed by atoms with Crippen molar-refractivity contribution in [2.75, 3.05) is 38.3 Å². The van der Waals surface area contributed by atoms with Gasteiger partial charge in [0, 0.05) is 32.7 Å². The van der Waals surface area contributed by atoms with E-state index in [4.69, 9.17) is 9.26 Å². The van der Waals surface area contributed by atoms with E-state index in [9.17, 15) is 18.0 Å². The smallest absolute Gasteiger partial charge is 0.378 e. The zero-order valence-corrected chi connectivity index (χ0v) is 14.1. The Kier molecular flexibility index (Phi) is 5.17. The largest absolute Gasteiger partial charge is 0.416 e. The molecule has 1 amide bonds. The number of anilines is 1. The second-order valence-corrected chi connectivity index (χ2v) is 6.01. The lowest BCUT2D eigenvalue weighted by atomic mass is 10.1. The number of carbonyl (C=O) groups is 1. The number of aromatic nitrogens is 1. The van der Waals surface area contributed by atoms with Gasteiger partial charge in [0.25, 0.3) is 5.91 Å². The molecule has 1 aliphatic rings. The van der Waals surface area contributed by atoms with Gasteiger partial charge in [-0.2, -0.15) is 13.2 Å². The maximum absolute atomic E-state index is 12.8. The summed E-state index contributed by atoms with van der Waals surface area (Å²) >= 11 is 0. The highest BCUT2D eigenvalue weighted by Crippen LogP contribution is 2.29. The van der Waals surface area contributed by atoms with Crippen molar-refractivity contribution in [2.45, 2.75) is 12.7 Å². The molecular weight excluding hydrogens is 351 g/mol. The molecule has 3 rings (SSSR count). The number of hydrogen-bond donors (Lipinski definition) is 0. The molecule has 1 aromatic heterocycles. The first-order chi connectivity index (χ1) is 12.3. The van der Waals surface area contributed by atoms with E-state index in [1.54, 1.807) is 6.07 Å². The zero-order valence-electron chi connectivity index (χ0n) is 14.1. The first-order valence-electron chi connectivity index (χ1n) is 8.05. The molecule has 26 heavy (non-hydrogen) atoms. The van der Waals surface area contributed by atoms with Gasteiger partial charge in [0.2, 0.25) is 5.76 Å². The van der Waals surface area contributed by atoms with Crippen molar-refractivity contribution >= 4 is 11.7 Å². The van der Waals surface area contributed by atoms with E-state index in [1.807, 2.05) is 4.90 Å². The minimum absolute atomic E-state index is 0.0241. The van der Waals surface area contributed by atoms with Gasteiger partial charge in [0.05, 0.1) is 18.8 Å². The molecular formula is C17H18F3N3O3. The molecule has 0 aliphatic carbocycles. The second-order valence-electron chi connectivity index (χ2n) is 6.01. The third-order valence-corrected chi connectivity index (χ3v) is 4.06. The van der Waals surface area contributed by atoms with Crippen molar-refractivity contribution in [3.8, 4) is 0 Å². The summed E-state index contributed by atoms with van der Waals surface area (Å²) in [5.74, 6) is 0.138. The van der Waals surface area contributed by atoms with Gasteiger partial charge in [-0.1, -0.05) is 17.3 Å². The maximum Gasteiger partial charge on any atom is 0.416 e. The van der Waals surface area contributed by atoms with Crippen LogP contribution in [-0.4, -0.2) is 49.3 Å². The van der Waals surface area contributed by atoms with Crippen LogP contribution in [0.1, 0.15) is 21.7 Å². The van der Waals surface area contributed by atoms with Crippen LogP contribution in [0.3, 0.4) is 0 Å². The molecule has 0 radical (unpaired) electrons. The number of carbonyl (C=O) groups excluding carboxylic acids is 1. The van der Waals surface area contributed by atoms with Gasteiger partial charge >= 0.3 is 6.18 Å². The van der Waals surface area contributed by atoms with Crippen LogP contribution in [0.2, 0.25) is 0 Å². The Labute approximate surface area is 148 Å². The fraction of sp³-hybridized carbons (Fsp3) is 0.412. The molecule has 9 heteroatoms. The lowest BCUT2D eigenvalue weighted by molar-refractivity contribution is -0.137. The Hall–Kier alpha value is -2.55. The zero-order chi connectivity index (χ0) is 18.7. The van der Waals surface area contributed by atoms with Gasteiger partial charge in [-0.05, 0) is 17.7 Å². The van der Waals surface area contributed by atoms with Gasteiger partial charge in [-0.3, -0.25) is 4.79 Å². The molecule has 0 unspecified atom stereocenters. The second kappa shape index (κ2) is 7.36. The van der Waals surface area contributed by atoms with Crippen LogP contribution in [0.5, 0.6) is 0 Å². The number of morpholine rings is 1. The monoisotopic (exact) mass is 369 g/mol. The summed E-state index contributed by atoms with van der Waals surface area (Å²) in [5.41, 5.74) is -0.367. The number of hydrogen-bond acceptors (Lipinski definition) is 5. The lowest BCUT2D eigenvalue weighted by Crippen LogP contribution is -2.36. The van der Waals surface area contributed by atoms with E-state index in [-0.39, 0.29) is 12.3 Å². The Bertz CT molecular complexity index is 770. The molecule has 2 aromatic rings. The van der Waals surface area contributed by atoms with Crippen molar-refractivity contribution in [1.82, 2.24) is 10.1 Å². The average Bonchev–Trinajstić information content (AvgIpc) is 3.11. The molecule has 140 valence electrons. The van der Waals surface area contributed by atoms with E-state index < -0.39 is 17.6 Å². The van der Waals surface area contributed by atoms with E-state index in [0.29, 0.717) is 37.7 Å². The van der Waals surface area contributed by atoms with Crippen LogP contribution in [0.25, 0.3) is 0 Å². The standard InChI is InChI=1S/C17H18F3N3O3/c1-22(11-12-3-2-4-13(9-12)17(18,19)20)16(24)14-10-15(21-26-14)23-5-7-25-8-6-23/h2-4,9-10H,5-8,11H2,1H3. The van der Waals surface area contributed by atoms with Gasteiger partial charge in [-0.15, -0.1) is 0 Å². The molecule has 0 bridgehead atoms. The van der Waals surface area contributed by atoms with Crippen molar-refractivity contribution in [3.05, 3.63) is 47.2 Å². The summed E-state index contributed by atoms with van der Waals surface area (Å²) in [6.45, 7) is 2.48. The third kappa shape index (κ3) is 4.16. The predicted octanol–water partition coefficient (Wildman–Crippen LogP) is 2.80. The maximum atomic E-state index is 12.8. The number of amides is 1. The molecule has 1 saturated heterocycles. The van der Waals surface area contributed by atoms with E-state index in [2.05, 4.69) is 5.16 Å². The third-order valence-electron chi connectivity index (χ3n) is 4.06. The first-order valence-corrected chi connectivity index (χ1v) is 8.05. The van der Waals surface area contributed by atoms with Gasteiger partial charge < -0.3 is 19.1 Å². The quantitative estimate of drug-likeness (QED) is 0.830. The molecule has 1 aliphatic heterocycles. The minimum Gasteiger partial charge on any atom is -0.378 e. The number of alkyl halides is 3. The molecule has 1 fully saturated rings. The molecule has 6 nitrogen and oxygen atoms in total. The van der Waals surface area contributed by atoms with Crippen LogP contribution in [0, 0.1) is 0 Å². The van der Waals surface area contributed by atoms with Crippen molar-refractivity contribution in [3.63, 3.8) is 0 Å². The van der Waals surface area contributed by atoms with Crippen molar-refractivity contribution in [2.24, 2.45) is 0 Å². The predicted molar refractivity (Wildman–Crippen MR) is 86.8 cm³/mol. The topological polar surface area (TPSA) is 58.8 Å². The minimum atomic E-state index is -4.42. The van der Waals surface area contributed by atoms with Crippen molar-refractivity contribution in [1.29, 1.82) is 0 Å². The van der Waals surface area contributed by atoms with Crippen LogP contribution >= 0.6 is 0 Å². The van der Waals surface area contributed by atoms with Gasteiger partial charge in [-0.25, -0.2) is 0 Å². The number of rotatable bonds is 4. The Morgan fingerprint density at radius 2 is 2.00 bits per heavy atom. The molecule has 2 heterocycles. The molecule has 0 spiro atoms. The van der Waals surface area contributed by atoms with Crippen LogP contribution in [0.15, 0.2) is 34.9 Å². The van der Waals surface area contributed by atoms with E-state index in [0.717, 1.165) is 12.1 Å². The van der Waals surface area contributed by atoms with Crippen LogP contribution in [-0.2, 0) is 17.5 Å². The number of ether oxygens (including phenoxy) is 1. The summed E-state index contributed by atoms with van der Waals surface area (Å²) < 4.78 is 48.7. The van der Waals surface area contributed by atoms with Crippen molar-refractivity contribution < 1.29 is 27.2 Å². The lowest BCUT2D eigenvalue weighted by Gasteiger charge is -2.25. The molecule has 0 N–H and O–H groups in total. The molecule has 0 saturated carbocycles. The van der Waals surface area contributed by atoms with Crippen LogP contribution < -0.4 is 4.90 Å². The first kappa shape index (κ1) is 18.2. The highest BCUT2D eigenvalue weighted by atomic mass is 19.4. The molecule has 0 atom stereocenters. The number of nitrogens with zero attached hydrogens (tertiary/aromatic N) is 3. The van der Waals surface area contributed by atoms with E-state index in [1.165, 1.54) is 24.1 Å².